The number of ether oxygens (including phenoxy) is 1. The Morgan fingerprint density at radius 1 is 1.18 bits per heavy atom. The summed E-state index contributed by atoms with van der Waals surface area (Å²) in [6.07, 6.45) is 1.49. The third-order valence-electron chi connectivity index (χ3n) is 5.12. The van der Waals surface area contributed by atoms with Crippen LogP contribution in [0.25, 0.3) is 0 Å². The molecule has 9 nitrogen and oxygen atoms in total. The Kier molecular flexibility index (Phi) is 6.01. The predicted octanol–water partition coefficient (Wildman–Crippen LogP) is 1.77. The Balaban J connectivity index is 1.93. The highest BCUT2D eigenvalue weighted by Gasteiger charge is 2.42. The van der Waals surface area contributed by atoms with E-state index in [0.717, 1.165) is 10.7 Å². The first-order chi connectivity index (χ1) is 13.2. The zero-order valence-electron chi connectivity index (χ0n) is 16.0. The zero-order chi connectivity index (χ0) is 20.5. The van der Waals surface area contributed by atoms with E-state index >= 15 is 0 Å². The number of nitro groups is 1. The first kappa shape index (κ1) is 20.7. The van der Waals surface area contributed by atoms with Crippen LogP contribution in [0.5, 0.6) is 0 Å². The maximum atomic E-state index is 13.3. The molecule has 2 heterocycles. The molecule has 2 saturated heterocycles. The SMILES string of the molecule is C[C@H]1CN(C(=O)[C@@H]2CCCCN2S(=O)(=O)c2ccccc2[N+](=O)[O-])C[C@H](C)O1. The monoisotopic (exact) mass is 411 g/mol. The van der Waals surface area contributed by atoms with Gasteiger partial charge in [-0.15, -0.1) is 0 Å². The van der Waals surface area contributed by atoms with E-state index < -0.39 is 26.7 Å². The average Bonchev–Trinajstić information content (AvgIpc) is 2.66. The number of hydrogen-bond donors (Lipinski definition) is 0. The lowest BCUT2D eigenvalue weighted by molar-refractivity contribution is -0.387. The maximum Gasteiger partial charge on any atom is 0.289 e. The molecule has 2 aliphatic heterocycles. The van der Waals surface area contributed by atoms with Crippen LogP contribution in [0.3, 0.4) is 0 Å². The van der Waals surface area contributed by atoms with Gasteiger partial charge in [-0.05, 0) is 32.8 Å². The third kappa shape index (κ3) is 4.03. The van der Waals surface area contributed by atoms with E-state index in [4.69, 9.17) is 4.74 Å². The standard InChI is InChI=1S/C18H25N3O6S/c1-13-11-19(12-14(2)27-13)18(22)16-8-5-6-10-20(16)28(25,26)17-9-4-3-7-15(17)21(23)24/h3-4,7,9,13-14,16H,5-6,8,10-12H2,1-2H3/t13-,14-,16-/m0/s1. The van der Waals surface area contributed by atoms with Crippen molar-refractivity contribution in [3.05, 3.63) is 34.4 Å². The predicted molar refractivity (Wildman–Crippen MR) is 101 cm³/mol. The molecule has 0 bridgehead atoms. The van der Waals surface area contributed by atoms with Gasteiger partial charge in [0.05, 0.1) is 17.1 Å². The number of sulfonamides is 1. The number of nitro benzene ring substituents is 1. The second-order valence-corrected chi connectivity index (χ2v) is 9.21. The van der Waals surface area contributed by atoms with Gasteiger partial charge in [-0.3, -0.25) is 14.9 Å². The maximum absolute atomic E-state index is 13.3. The molecule has 0 aliphatic carbocycles. The van der Waals surface area contributed by atoms with Gasteiger partial charge in [-0.2, -0.15) is 4.31 Å². The Hall–Kier alpha value is -2.04. The summed E-state index contributed by atoms with van der Waals surface area (Å²) in [5.74, 6) is -0.260. The Morgan fingerprint density at radius 2 is 1.82 bits per heavy atom. The quantitative estimate of drug-likeness (QED) is 0.552. The van der Waals surface area contributed by atoms with Crippen molar-refractivity contribution < 1.29 is 22.9 Å². The van der Waals surface area contributed by atoms with Crippen molar-refractivity contribution in [3.8, 4) is 0 Å². The first-order valence-electron chi connectivity index (χ1n) is 9.41. The van der Waals surface area contributed by atoms with Crippen LogP contribution in [0.4, 0.5) is 5.69 Å². The molecule has 10 heteroatoms. The van der Waals surface area contributed by atoms with Crippen LogP contribution < -0.4 is 0 Å². The Morgan fingerprint density at radius 3 is 2.46 bits per heavy atom. The van der Waals surface area contributed by atoms with E-state index in [1.165, 1.54) is 24.3 Å². The summed E-state index contributed by atoms with van der Waals surface area (Å²) in [6.45, 7) is 4.72. The highest BCUT2D eigenvalue weighted by atomic mass is 32.2. The molecule has 0 saturated carbocycles. The number of nitrogens with zero attached hydrogens (tertiary/aromatic N) is 3. The lowest BCUT2D eigenvalue weighted by Gasteiger charge is -2.40. The number of benzene rings is 1. The number of rotatable bonds is 4. The number of morpholine rings is 1. The minimum Gasteiger partial charge on any atom is -0.372 e. The molecule has 0 N–H and O–H groups in total. The van der Waals surface area contributed by atoms with Crippen LogP contribution in [0.2, 0.25) is 0 Å². The molecule has 3 atom stereocenters. The van der Waals surface area contributed by atoms with E-state index in [9.17, 15) is 23.3 Å². The third-order valence-corrected chi connectivity index (χ3v) is 7.07. The minimum atomic E-state index is -4.18. The fraction of sp³-hybridized carbons (Fsp3) is 0.611. The van der Waals surface area contributed by atoms with E-state index in [1.807, 2.05) is 13.8 Å². The lowest BCUT2D eigenvalue weighted by atomic mass is 10.0. The number of carbonyl (C=O) groups is 1. The molecule has 154 valence electrons. The molecule has 1 aromatic rings. The van der Waals surface area contributed by atoms with E-state index in [-0.39, 0.29) is 29.6 Å². The van der Waals surface area contributed by atoms with Crippen LogP contribution in [0, 0.1) is 10.1 Å². The van der Waals surface area contributed by atoms with Crippen molar-refractivity contribution >= 4 is 21.6 Å². The van der Waals surface area contributed by atoms with Gasteiger partial charge in [-0.25, -0.2) is 8.42 Å². The number of para-hydroxylation sites is 1. The van der Waals surface area contributed by atoms with Gasteiger partial charge in [-0.1, -0.05) is 18.6 Å². The van der Waals surface area contributed by atoms with Gasteiger partial charge in [0.1, 0.15) is 6.04 Å². The second kappa shape index (κ2) is 8.14. The van der Waals surface area contributed by atoms with Crippen LogP contribution in [0.1, 0.15) is 33.1 Å². The zero-order valence-corrected chi connectivity index (χ0v) is 16.8. The molecule has 3 rings (SSSR count). The second-order valence-electron chi connectivity index (χ2n) is 7.35. The van der Waals surface area contributed by atoms with Gasteiger partial charge in [0.25, 0.3) is 15.7 Å². The van der Waals surface area contributed by atoms with Crippen molar-refractivity contribution in [1.29, 1.82) is 0 Å². The van der Waals surface area contributed by atoms with Crippen LogP contribution in [0.15, 0.2) is 29.2 Å². The molecule has 0 aromatic heterocycles. The normalized spacial score (nSPS) is 26.8. The van der Waals surface area contributed by atoms with Gasteiger partial charge in [0, 0.05) is 25.7 Å². The summed E-state index contributed by atoms with van der Waals surface area (Å²) in [6, 6.07) is 4.41. The molecule has 28 heavy (non-hydrogen) atoms. The fourth-order valence-electron chi connectivity index (χ4n) is 3.96. The molecule has 2 aliphatic rings. The first-order valence-corrected chi connectivity index (χ1v) is 10.9. The number of amides is 1. The molecule has 0 unspecified atom stereocenters. The summed E-state index contributed by atoms with van der Waals surface area (Å²) in [4.78, 5) is 25.1. The summed E-state index contributed by atoms with van der Waals surface area (Å²) >= 11 is 0. The molecule has 0 radical (unpaired) electrons. The van der Waals surface area contributed by atoms with E-state index in [0.29, 0.717) is 25.9 Å². The largest absolute Gasteiger partial charge is 0.372 e. The smallest absolute Gasteiger partial charge is 0.289 e. The molecule has 1 amide bonds. The molecule has 1 aromatic carbocycles. The molecular weight excluding hydrogens is 386 g/mol. The van der Waals surface area contributed by atoms with E-state index in [1.54, 1.807) is 4.90 Å². The molecule has 0 spiro atoms. The van der Waals surface area contributed by atoms with Crippen molar-refractivity contribution in [2.75, 3.05) is 19.6 Å². The van der Waals surface area contributed by atoms with Crippen LogP contribution in [-0.2, 0) is 19.6 Å². The molecule has 2 fully saturated rings. The number of carbonyl (C=O) groups excluding carboxylic acids is 1. The van der Waals surface area contributed by atoms with Crippen molar-refractivity contribution in [1.82, 2.24) is 9.21 Å². The molecular formula is C18H25N3O6S. The summed E-state index contributed by atoms with van der Waals surface area (Å²) in [5, 5.41) is 11.3. The summed E-state index contributed by atoms with van der Waals surface area (Å²) in [7, 11) is -4.18. The number of piperidine rings is 1. The fourth-order valence-corrected chi connectivity index (χ4v) is 5.77. The highest BCUT2D eigenvalue weighted by molar-refractivity contribution is 7.89. The minimum absolute atomic E-state index is 0.128. The van der Waals surface area contributed by atoms with Gasteiger partial charge in [0.2, 0.25) is 5.91 Å². The van der Waals surface area contributed by atoms with Crippen molar-refractivity contribution in [3.63, 3.8) is 0 Å². The number of hydrogen-bond acceptors (Lipinski definition) is 6. The Labute approximate surface area is 164 Å². The van der Waals surface area contributed by atoms with Gasteiger partial charge in [0.15, 0.2) is 4.90 Å². The van der Waals surface area contributed by atoms with Crippen LogP contribution >= 0.6 is 0 Å². The van der Waals surface area contributed by atoms with Crippen LogP contribution in [-0.4, -0.2) is 66.3 Å². The van der Waals surface area contributed by atoms with E-state index in [2.05, 4.69) is 0 Å². The highest BCUT2D eigenvalue weighted by Crippen LogP contribution is 2.31. The summed E-state index contributed by atoms with van der Waals surface area (Å²) in [5.41, 5.74) is -0.479. The lowest BCUT2D eigenvalue weighted by Crippen LogP contribution is -2.57. The topological polar surface area (TPSA) is 110 Å². The van der Waals surface area contributed by atoms with Crippen molar-refractivity contribution in [2.45, 2.75) is 56.3 Å². The van der Waals surface area contributed by atoms with Crippen molar-refractivity contribution in [2.24, 2.45) is 0 Å². The average molecular weight is 411 g/mol. The Bertz CT molecular complexity index is 849. The van der Waals surface area contributed by atoms with Gasteiger partial charge >= 0.3 is 0 Å². The van der Waals surface area contributed by atoms with Gasteiger partial charge < -0.3 is 9.64 Å². The summed E-state index contributed by atoms with van der Waals surface area (Å²) < 4.78 is 33.3.